The summed E-state index contributed by atoms with van der Waals surface area (Å²) in [5.41, 5.74) is 4.91. The number of rotatable bonds is 1. The number of fused-ring (bicyclic) bond motifs is 1. The Bertz CT molecular complexity index is 797. The maximum Gasteiger partial charge on any atom is 0.229 e. The third kappa shape index (κ3) is 2.54. The molecule has 2 aromatic rings. The fraction of sp³-hybridized carbons (Fsp3) is 0.688. The second-order valence-corrected chi connectivity index (χ2v) is 7.32. The van der Waals surface area contributed by atoms with Gasteiger partial charge >= 0.3 is 0 Å². The first-order valence-electron chi connectivity index (χ1n) is 8.57. The minimum absolute atomic E-state index is 0.408. The van der Waals surface area contributed by atoms with Gasteiger partial charge in [0.25, 0.3) is 0 Å². The molecule has 0 aromatic carbocycles. The summed E-state index contributed by atoms with van der Waals surface area (Å²) >= 11 is 0. The predicted molar refractivity (Wildman–Crippen MR) is 92.1 cm³/mol. The van der Waals surface area contributed by atoms with Crippen LogP contribution in [0.2, 0.25) is 0 Å². The molecule has 2 saturated heterocycles. The van der Waals surface area contributed by atoms with E-state index in [1.54, 1.807) is 17.8 Å². The van der Waals surface area contributed by atoms with Crippen molar-refractivity contribution in [2.24, 2.45) is 7.05 Å². The molecule has 4 rings (SSSR count). The molecule has 9 heteroatoms. The molecule has 2 aliphatic heterocycles. The van der Waals surface area contributed by atoms with Gasteiger partial charge in [-0.05, 0) is 19.8 Å². The predicted octanol–water partition coefficient (Wildman–Crippen LogP) is -0.183. The number of aryl methyl sites for hydroxylation is 1. The summed E-state index contributed by atoms with van der Waals surface area (Å²) < 4.78 is 7.60. The molecule has 1 spiro atoms. The van der Waals surface area contributed by atoms with Crippen molar-refractivity contribution in [1.82, 2.24) is 19.7 Å². The molecule has 0 bridgehead atoms. The summed E-state index contributed by atoms with van der Waals surface area (Å²) in [4.78, 5) is 11.0. The fourth-order valence-corrected chi connectivity index (χ4v) is 3.92. The highest BCUT2D eigenvalue weighted by molar-refractivity contribution is 5.86. The third-order valence-corrected chi connectivity index (χ3v) is 5.59. The molecule has 0 radical (unpaired) electrons. The van der Waals surface area contributed by atoms with Crippen molar-refractivity contribution in [2.45, 2.75) is 43.5 Å². The topological polar surface area (TPSA) is 123 Å². The summed E-state index contributed by atoms with van der Waals surface area (Å²) in [6.07, 6.45) is 2.39. The van der Waals surface area contributed by atoms with Crippen LogP contribution in [0.3, 0.4) is 0 Å². The van der Waals surface area contributed by atoms with Gasteiger partial charge in [0, 0.05) is 26.6 Å². The molecule has 9 nitrogen and oxygen atoms in total. The monoisotopic (exact) mass is 348 g/mol. The number of nitrogens with zero attached hydrogens (tertiary/aromatic N) is 5. The first-order chi connectivity index (χ1) is 11.8. The molecule has 4 heterocycles. The Morgan fingerprint density at radius 2 is 2.00 bits per heavy atom. The number of aliphatic hydroxyl groups excluding tert-OH is 1. The molecule has 136 valence electrons. The highest BCUT2D eigenvalue weighted by Gasteiger charge is 2.52. The Morgan fingerprint density at radius 1 is 1.28 bits per heavy atom. The fourth-order valence-electron chi connectivity index (χ4n) is 3.92. The van der Waals surface area contributed by atoms with Crippen LogP contribution in [0.15, 0.2) is 6.20 Å². The van der Waals surface area contributed by atoms with Crippen molar-refractivity contribution in [3.63, 3.8) is 0 Å². The molecule has 4 N–H and O–H groups in total. The average molecular weight is 348 g/mol. The van der Waals surface area contributed by atoms with Crippen molar-refractivity contribution >= 4 is 22.8 Å². The molecule has 2 aromatic heterocycles. The summed E-state index contributed by atoms with van der Waals surface area (Å²) in [6.45, 7) is 3.37. The molecular formula is C16H24N6O3. The van der Waals surface area contributed by atoms with Gasteiger partial charge in [-0.1, -0.05) is 0 Å². The summed E-state index contributed by atoms with van der Waals surface area (Å²) in [5.74, 6) is 0.964. The van der Waals surface area contributed by atoms with E-state index < -0.39 is 17.3 Å². The van der Waals surface area contributed by atoms with Gasteiger partial charge in [-0.3, -0.25) is 4.68 Å². The standard InChI is InChI=1S/C16H24N6O3/c1-15(24)5-8-25-16(13(15)23)3-6-22(7-4-16)14-19-11(17)10-9-18-21(2)12(10)20-14/h9,13,23-24H,3-8H2,1-2H3,(H2,17,19,20)/t13-,15+/m0/s1. The SMILES string of the molecule is Cn1ncc2c(N)nc(N3CCC4(CC3)OCC[C@@](C)(O)[C@@H]4O)nc21. The minimum atomic E-state index is -1.12. The van der Waals surface area contributed by atoms with Crippen molar-refractivity contribution in [2.75, 3.05) is 30.3 Å². The number of aromatic nitrogens is 4. The van der Waals surface area contributed by atoms with Gasteiger partial charge < -0.3 is 25.6 Å². The van der Waals surface area contributed by atoms with E-state index in [0.717, 1.165) is 5.39 Å². The number of anilines is 2. The van der Waals surface area contributed by atoms with Crippen molar-refractivity contribution in [3.8, 4) is 0 Å². The van der Waals surface area contributed by atoms with E-state index in [1.165, 1.54) is 0 Å². The van der Waals surface area contributed by atoms with Crippen LogP contribution in [-0.2, 0) is 11.8 Å². The summed E-state index contributed by atoms with van der Waals surface area (Å²) in [6, 6.07) is 0. The highest BCUT2D eigenvalue weighted by atomic mass is 16.5. The Hall–Kier alpha value is -1.97. The van der Waals surface area contributed by atoms with Crippen LogP contribution < -0.4 is 10.6 Å². The molecular weight excluding hydrogens is 324 g/mol. The lowest BCUT2D eigenvalue weighted by molar-refractivity contribution is -0.239. The van der Waals surface area contributed by atoms with Gasteiger partial charge in [-0.2, -0.15) is 15.1 Å². The second-order valence-electron chi connectivity index (χ2n) is 7.32. The molecule has 25 heavy (non-hydrogen) atoms. The Kier molecular flexibility index (Phi) is 3.64. The number of ether oxygens (including phenoxy) is 1. The van der Waals surface area contributed by atoms with Gasteiger partial charge in [0.2, 0.25) is 5.95 Å². The van der Waals surface area contributed by atoms with Gasteiger partial charge in [-0.15, -0.1) is 0 Å². The minimum Gasteiger partial charge on any atom is -0.387 e. The smallest absolute Gasteiger partial charge is 0.229 e. The molecule has 0 aliphatic carbocycles. The first kappa shape index (κ1) is 16.5. The van der Waals surface area contributed by atoms with Gasteiger partial charge in [0.15, 0.2) is 5.65 Å². The molecule has 2 atom stereocenters. The number of piperidine rings is 1. The summed E-state index contributed by atoms with van der Waals surface area (Å²) in [5, 5.41) is 25.9. The van der Waals surface area contributed by atoms with Gasteiger partial charge in [0.05, 0.1) is 23.8 Å². The maximum atomic E-state index is 10.6. The van der Waals surface area contributed by atoms with Crippen molar-refractivity contribution in [3.05, 3.63) is 6.20 Å². The molecule has 0 amide bonds. The van der Waals surface area contributed by atoms with Crippen molar-refractivity contribution < 1.29 is 14.9 Å². The van der Waals surface area contributed by atoms with Crippen LogP contribution in [0.1, 0.15) is 26.2 Å². The van der Waals surface area contributed by atoms with Crippen LogP contribution in [0.5, 0.6) is 0 Å². The van der Waals surface area contributed by atoms with E-state index in [0.29, 0.717) is 56.4 Å². The number of nitrogens with two attached hydrogens (primary N) is 1. The van der Waals surface area contributed by atoms with E-state index in [1.807, 2.05) is 11.9 Å². The highest BCUT2D eigenvalue weighted by Crippen LogP contribution is 2.40. The number of nitrogen functional groups attached to an aromatic ring is 1. The molecule has 0 unspecified atom stereocenters. The van der Waals surface area contributed by atoms with Gasteiger partial charge in [-0.25, -0.2) is 0 Å². The Morgan fingerprint density at radius 3 is 2.72 bits per heavy atom. The second kappa shape index (κ2) is 5.52. The molecule has 0 saturated carbocycles. The third-order valence-electron chi connectivity index (χ3n) is 5.59. The zero-order valence-corrected chi connectivity index (χ0v) is 14.5. The molecule has 2 aliphatic rings. The zero-order chi connectivity index (χ0) is 17.8. The quantitative estimate of drug-likeness (QED) is 0.648. The van der Waals surface area contributed by atoms with Crippen LogP contribution in [0, 0.1) is 0 Å². The van der Waals surface area contributed by atoms with E-state index in [9.17, 15) is 10.2 Å². The van der Waals surface area contributed by atoms with Crippen LogP contribution in [-0.4, -0.2) is 67.0 Å². The van der Waals surface area contributed by atoms with E-state index in [4.69, 9.17) is 10.5 Å². The summed E-state index contributed by atoms with van der Waals surface area (Å²) in [7, 11) is 1.82. The van der Waals surface area contributed by atoms with Crippen molar-refractivity contribution in [1.29, 1.82) is 0 Å². The van der Waals surface area contributed by atoms with Crippen LogP contribution >= 0.6 is 0 Å². The lowest BCUT2D eigenvalue weighted by Gasteiger charge is -2.51. The number of hydrogen-bond acceptors (Lipinski definition) is 8. The van der Waals surface area contributed by atoms with E-state index in [2.05, 4.69) is 15.1 Å². The van der Waals surface area contributed by atoms with E-state index in [-0.39, 0.29) is 0 Å². The Labute approximate surface area is 145 Å². The maximum absolute atomic E-state index is 10.6. The van der Waals surface area contributed by atoms with Gasteiger partial charge in [0.1, 0.15) is 17.5 Å². The molecule has 2 fully saturated rings. The van der Waals surface area contributed by atoms with Crippen LogP contribution in [0.4, 0.5) is 11.8 Å². The normalized spacial score (nSPS) is 29.4. The number of hydrogen-bond donors (Lipinski definition) is 3. The first-order valence-corrected chi connectivity index (χ1v) is 8.57. The van der Waals surface area contributed by atoms with E-state index >= 15 is 0 Å². The Balaban J connectivity index is 1.57. The lowest BCUT2D eigenvalue weighted by atomic mass is 9.75. The zero-order valence-electron chi connectivity index (χ0n) is 14.5. The van der Waals surface area contributed by atoms with Crippen LogP contribution in [0.25, 0.3) is 11.0 Å². The average Bonchev–Trinajstić information content (AvgIpc) is 2.95. The largest absolute Gasteiger partial charge is 0.387 e. The number of aliphatic hydroxyl groups is 2. The lowest BCUT2D eigenvalue weighted by Crippen LogP contribution is -2.64.